The van der Waals surface area contributed by atoms with Gasteiger partial charge in [-0.15, -0.1) is 0 Å². The van der Waals surface area contributed by atoms with E-state index in [9.17, 15) is 9.59 Å². The van der Waals surface area contributed by atoms with Crippen molar-refractivity contribution >= 4 is 16.9 Å². The number of carboxylic acid groups (broad SMARTS) is 1. The summed E-state index contributed by atoms with van der Waals surface area (Å²) in [7, 11) is 0. The maximum atomic E-state index is 12.7. The Balaban J connectivity index is 1.93. The molecule has 0 aliphatic carbocycles. The molecule has 5 heteroatoms. The van der Waals surface area contributed by atoms with Gasteiger partial charge in [0.1, 0.15) is 24.2 Å². The lowest BCUT2D eigenvalue weighted by Crippen LogP contribution is -2.30. The zero-order chi connectivity index (χ0) is 18.0. The van der Waals surface area contributed by atoms with E-state index in [1.54, 1.807) is 32.0 Å². The molecule has 1 heterocycles. The minimum Gasteiger partial charge on any atom is -0.492 e. The smallest absolute Gasteiger partial charge is 0.312 e. The molecule has 3 rings (SSSR count). The van der Waals surface area contributed by atoms with Crippen LogP contribution in [0.3, 0.4) is 0 Å². The molecular weight excluding hydrogens is 320 g/mol. The fraction of sp³-hybridized carbons (Fsp3) is 0.200. The number of carboxylic acids is 1. The third kappa shape index (κ3) is 3.40. The number of aliphatic carboxylic acids is 1. The average Bonchev–Trinajstić information content (AvgIpc) is 2.61. The molecule has 0 aliphatic rings. The number of ether oxygens (including phenoxy) is 1. The Morgan fingerprint density at radius 2 is 1.88 bits per heavy atom. The molecule has 128 valence electrons. The molecule has 1 N–H and O–H groups in total. The van der Waals surface area contributed by atoms with Gasteiger partial charge in [0.25, 0.3) is 0 Å². The van der Waals surface area contributed by atoms with E-state index in [1.165, 1.54) is 6.26 Å². The lowest BCUT2D eigenvalue weighted by molar-refractivity contribution is -0.148. The number of hydrogen-bond acceptors (Lipinski definition) is 4. The van der Waals surface area contributed by atoms with Crippen molar-refractivity contribution in [2.24, 2.45) is 5.41 Å². The fourth-order valence-electron chi connectivity index (χ4n) is 2.34. The Bertz CT molecular complexity index is 970. The Labute approximate surface area is 144 Å². The van der Waals surface area contributed by atoms with Gasteiger partial charge in [0.2, 0.25) is 0 Å². The van der Waals surface area contributed by atoms with Crippen molar-refractivity contribution < 1.29 is 19.1 Å². The minimum atomic E-state index is -1.01. The predicted octanol–water partition coefficient (Wildman–Crippen LogP) is 3.95. The second kappa shape index (κ2) is 6.43. The van der Waals surface area contributed by atoms with Gasteiger partial charge in [-0.3, -0.25) is 9.59 Å². The third-order valence-electron chi connectivity index (χ3n) is 4.01. The van der Waals surface area contributed by atoms with Crippen molar-refractivity contribution in [2.45, 2.75) is 13.8 Å². The standard InChI is InChI=1S/C20H18O5/c1-20(2,19(22)23)12-25-14-8-9-15-17(10-14)24-11-16(18(15)21)13-6-4-3-5-7-13/h3-11H,12H2,1-2H3,(H,22,23). The zero-order valence-electron chi connectivity index (χ0n) is 14.0. The van der Waals surface area contributed by atoms with Crippen molar-refractivity contribution in [1.29, 1.82) is 0 Å². The van der Waals surface area contributed by atoms with E-state index in [0.717, 1.165) is 5.56 Å². The lowest BCUT2D eigenvalue weighted by Gasteiger charge is -2.19. The number of carbonyl (C=O) groups is 1. The summed E-state index contributed by atoms with van der Waals surface area (Å²) >= 11 is 0. The molecule has 5 nitrogen and oxygen atoms in total. The molecule has 0 saturated carbocycles. The highest BCUT2D eigenvalue weighted by atomic mass is 16.5. The van der Waals surface area contributed by atoms with E-state index < -0.39 is 11.4 Å². The highest BCUT2D eigenvalue weighted by molar-refractivity contribution is 5.82. The molecule has 0 saturated heterocycles. The predicted molar refractivity (Wildman–Crippen MR) is 94.8 cm³/mol. The van der Waals surface area contributed by atoms with Crippen LogP contribution in [0.15, 0.2) is 64.0 Å². The first-order chi connectivity index (χ1) is 11.9. The SMILES string of the molecule is CC(C)(COc1ccc2c(=O)c(-c3ccccc3)coc2c1)C(=O)O. The van der Waals surface area contributed by atoms with Gasteiger partial charge in [-0.1, -0.05) is 30.3 Å². The molecule has 0 unspecified atom stereocenters. The van der Waals surface area contributed by atoms with Crippen LogP contribution in [0, 0.1) is 5.41 Å². The van der Waals surface area contributed by atoms with Crippen LogP contribution in [0.4, 0.5) is 0 Å². The molecule has 0 atom stereocenters. The van der Waals surface area contributed by atoms with Gasteiger partial charge >= 0.3 is 5.97 Å². The molecule has 0 fully saturated rings. The Morgan fingerprint density at radius 3 is 2.56 bits per heavy atom. The van der Waals surface area contributed by atoms with Gasteiger partial charge in [0.05, 0.1) is 16.4 Å². The van der Waals surface area contributed by atoms with Crippen molar-refractivity contribution in [3.8, 4) is 16.9 Å². The highest BCUT2D eigenvalue weighted by Crippen LogP contribution is 2.24. The third-order valence-corrected chi connectivity index (χ3v) is 4.01. The summed E-state index contributed by atoms with van der Waals surface area (Å²) in [6.45, 7) is 3.19. The Kier molecular flexibility index (Phi) is 4.31. The monoisotopic (exact) mass is 338 g/mol. The van der Waals surface area contributed by atoms with Crippen LogP contribution in [0.25, 0.3) is 22.1 Å². The van der Waals surface area contributed by atoms with Crippen molar-refractivity contribution in [3.05, 3.63) is 65.0 Å². The average molecular weight is 338 g/mol. The van der Waals surface area contributed by atoms with Crippen LogP contribution in [0.1, 0.15) is 13.8 Å². The first-order valence-electron chi connectivity index (χ1n) is 7.86. The van der Waals surface area contributed by atoms with E-state index in [2.05, 4.69) is 0 Å². The molecule has 0 spiro atoms. The summed E-state index contributed by atoms with van der Waals surface area (Å²) in [4.78, 5) is 23.8. The van der Waals surface area contributed by atoms with Gasteiger partial charge in [-0.2, -0.15) is 0 Å². The Morgan fingerprint density at radius 1 is 1.16 bits per heavy atom. The second-order valence-corrected chi connectivity index (χ2v) is 6.48. The number of fused-ring (bicyclic) bond motifs is 1. The van der Waals surface area contributed by atoms with E-state index in [0.29, 0.717) is 22.3 Å². The molecule has 0 aliphatic heterocycles. The molecule has 1 aromatic heterocycles. The van der Waals surface area contributed by atoms with E-state index in [4.69, 9.17) is 14.3 Å². The van der Waals surface area contributed by atoms with Crippen LogP contribution in [0.5, 0.6) is 5.75 Å². The molecule has 25 heavy (non-hydrogen) atoms. The van der Waals surface area contributed by atoms with Gasteiger partial charge in [-0.25, -0.2) is 0 Å². The molecule has 0 bridgehead atoms. The zero-order valence-corrected chi connectivity index (χ0v) is 14.0. The molecular formula is C20H18O5. The van der Waals surface area contributed by atoms with Crippen LogP contribution in [-0.2, 0) is 4.79 Å². The second-order valence-electron chi connectivity index (χ2n) is 6.48. The van der Waals surface area contributed by atoms with Crippen LogP contribution in [-0.4, -0.2) is 17.7 Å². The summed E-state index contributed by atoms with van der Waals surface area (Å²) < 4.78 is 11.2. The lowest BCUT2D eigenvalue weighted by atomic mass is 9.95. The summed E-state index contributed by atoms with van der Waals surface area (Å²) in [5.74, 6) is -0.482. The number of benzene rings is 2. The van der Waals surface area contributed by atoms with Gasteiger partial charge in [-0.05, 0) is 31.5 Å². The molecule has 0 radical (unpaired) electrons. The van der Waals surface area contributed by atoms with Crippen LogP contribution in [0.2, 0.25) is 0 Å². The minimum absolute atomic E-state index is 0.0141. The largest absolute Gasteiger partial charge is 0.492 e. The first-order valence-corrected chi connectivity index (χ1v) is 7.86. The van der Waals surface area contributed by atoms with E-state index in [-0.39, 0.29) is 12.0 Å². The van der Waals surface area contributed by atoms with Gasteiger partial charge < -0.3 is 14.3 Å². The number of rotatable bonds is 5. The topological polar surface area (TPSA) is 76.7 Å². The fourth-order valence-corrected chi connectivity index (χ4v) is 2.34. The maximum Gasteiger partial charge on any atom is 0.312 e. The summed E-state index contributed by atoms with van der Waals surface area (Å²) in [6, 6.07) is 14.2. The van der Waals surface area contributed by atoms with Crippen molar-refractivity contribution in [2.75, 3.05) is 6.61 Å². The first kappa shape index (κ1) is 16.8. The highest BCUT2D eigenvalue weighted by Gasteiger charge is 2.28. The molecule has 2 aromatic carbocycles. The van der Waals surface area contributed by atoms with Gasteiger partial charge in [0, 0.05) is 6.07 Å². The van der Waals surface area contributed by atoms with Crippen LogP contribution >= 0.6 is 0 Å². The number of hydrogen-bond donors (Lipinski definition) is 1. The molecule has 3 aromatic rings. The summed E-state index contributed by atoms with van der Waals surface area (Å²) in [5, 5.41) is 9.58. The summed E-state index contributed by atoms with van der Waals surface area (Å²) in [5.41, 5.74) is 0.558. The maximum absolute atomic E-state index is 12.7. The van der Waals surface area contributed by atoms with E-state index >= 15 is 0 Å². The normalized spacial score (nSPS) is 11.4. The van der Waals surface area contributed by atoms with Crippen molar-refractivity contribution in [1.82, 2.24) is 0 Å². The van der Waals surface area contributed by atoms with Crippen molar-refractivity contribution in [3.63, 3.8) is 0 Å². The van der Waals surface area contributed by atoms with Gasteiger partial charge in [0.15, 0.2) is 5.43 Å². The Hall–Kier alpha value is -3.08. The quantitative estimate of drug-likeness (QED) is 0.762. The van der Waals surface area contributed by atoms with E-state index in [1.807, 2.05) is 30.3 Å². The van der Waals surface area contributed by atoms with Crippen LogP contribution < -0.4 is 10.2 Å². The molecule has 0 amide bonds. The summed E-state index contributed by atoms with van der Waals surface area (Å²) in [6.07, 6.45) is 1.44.